The van der Waals surface area contributed by atoms with E-state index in [9.17, 15) is 14.4 Å². The number of fused-ring (bicyclic) bond motifs is 1. The Bertz CT molecular complexity index is 1030. The Morgan fingerprint density at radius 1 is 1.11 bits per heavy atom. The summed E-state index contributed by atoms with van der Waals surface area (Å²) in [6, 6.07) is 14.2. The van der Waals surface area contributed by atoms with Crippen LogP contribution in [-0.2, 0) is 16.0 Å². The van der Waals surface area contributed by atoms with Crippen LogP contribution in [0.2, 0.25) is 0 Å². The number of H-pyrrole nitrogens is 1. The topological polar surface area (TPSA) is 101 Å². The molecule has 7 nitrogen and oxygen atoms in total. The highest BCUT2D eigenvalue weighted by Gasteiger charge is 2.10. The molecule has 1 amide bonds. The predicted octanol–water partition coefficient (Wildman–Crippen LogP) is 1.89. The lowest BCUT2D eigenvalue weighted by atomic mass is 10.2. The van der Waals surface area contributed by atoms with E-state index < -0.39 is 5.97 Å². The fraction of sp³-hybridized carbons (Fsp3) is 0.200. The molecule has 0 atom stereocenters. The van der Waals surface area contributed by atoms with Crippen molar-refractivity contribution >= 4 is 22.9 Å². The number of nitrogens with one attached hydrogen (secondary N) is 2. The van der Waals surface area contributed by atoms with Crippen molar-refractivity contribution in [3.05, 3.63) is 70.1 Å². The molecule has 3 rings (SSSR count). The molecule has 1 aromatic heterocycles. The van der Waals surface area contributed by atoms with Crippen LogP contribution in [0.1, 0.15) is 17.7 Å². The monoisotopic (exact) mass is 365 g/mol. The first kappa shape index (κ1) is 18.3. The Hall–Kier alpha value is -3.48. The number of esters is 1. The fourth-order valence-electron chi connectivity index (χ4n) is 2.50. The number of para-hydroxylation sites is 2. The summed E-state index contributed by atoms with van der Waals surface area (Å²) in [5, 5.41) is 2.49. The van der Waals surface area contributed by atoms with Gasteiger partial charge in [-0.25, -0.2) is 9.78 Å². The summed E-state index contributed by atoms with van der Waals surface area (Å²) < 4.78 is 5.13. The van der Waals surface area contributed by atoms with E-state index in [1.807, 2.05) is 31.2 Å². The number of rotatable bonds is 6. The lowest BCUT2D eigenvalue weighted by Gasteiger charge is -2.06. The molecule has 7 heteroatoms. The van der Waals surface area contributed by atoms with Gasteiger partial charge in [-0.3, -0.25) is 9.59 Å². The largest absolute Gasteiger partial charge is 0.425 e. The molecule has 0 unspecified atom stereocenters. The second-order valence-electron chi connectivity index (χ2n) is 6.09. The fourth-order valence-corrected chi connectivity index (χ4v) is 2.50. The van der Waals surface area contributed by atoms with Gasteiger partial charge in [-0.2, -0.15) is 0 Å². The highest BCUT2D eigenvalue weighted by Crippen LogP contribution is 2.11. The number of hydrogen-bond acceptors (Lipinski definition) is 5. The van der Waals surface area contributed by atoms with Gasteiger partial charge in [0, 0.05) is 12.8 Å². The molecule has 0 aliphatic carbocycles. The molecule has 2 aromatic carbocycles. The molecule has 1 heterocycles. The Morgan fingerprint density at radius 2 is 1.85 bits per heavy atom. The van der Waals surface area contributed by atoms with Crippen LogP contribution in [0, 0.1) is 6.92 Å². The summed E-state index contributed by atoms with van der Waals surface area (Å²) >= 11 is 0. The molecule has 0 saturated heterocycles. The zero-order chi connectivity index (χ0) is 19.2. The first-order chi connectivity index (χ1) is 13.0. The van der Waals surface area contributed by atoms with E-state index in [2.05, 4.69) is 15.3 Å². The molecule has 0 fully saturated rings. The minimum Gasteiger partial charge on any atom is -0.425 e. The van der Waals surface area contributed by atoms with E-state index in [0.29, 0.717) is 16.8 Å². The number of carbonyl (C=O) groups is 2. The van der Waals surface area contributed by atoms with Crippen molar-refractivity contribution in [1.29, 1.82) is 0 Å². The van der Waals surface area contributed by atoms with Gasteiger partial charge >= 0.3 is 5.97 Å². The number of nitrogens with zero attached hydrogens (tertiary/aromatic N) is 1. The number of amides is 1. The molecule has 27 heavy (non-hydrogen) atoms. The average Bonchev–Trinajstić information content (AvgIpc) is 2.66. The molecule has 0 aliphatic rings. The van der Waals surface area contributed by atoms with Crippen LogP contribution >= 0.6 is 0 Å². The molecular formula is C20H19N3O4. The van der Waals surface area contributed by atoms with E-state index in [-0.39, 0.29) is 36.5 Å². The van der Waals surface area contributed by atoms with Crippen molar-refractivity contribution in [1.82, 2.24) is 15.3 Å². The number of benzene rings is 2. The molecule has 0 aliphatic heterocycles. The number of carbonyl (C=O) groups excluding carboxylic acids is 2. The van der Waals surface area contributed by atoms with Gasteiger partial charge in [0.05, 0.1) is 11.0 Å². The zero-order valence-corrected chi connectivity index (χ0v) is 14.8. The highest BCUT2D eigenvalue weighted by atomic mass is 16.5. The standard InChI is InChI=1S/C20H19N3O4/c1-13-6-8-14(9-7-13)27-19(25)12-21-18(24)11-10-17-20(26)23-16-5-3-2-4-15(16)22-17/h2-9H,10-12H2,1H3,(H,21,24)(H,23,26). The summed E-state index contributed by atoms with van der Waals surface area (Å²) in [4.78, 5) is 42.8. The Balaban J connectivity index is 1.49. The maximum absolute atomic E-state index is 12.0. The van der Waals surface area contributed by atoms with Crippen molar-refractivity contribution in [2.24, 2.45) is 0 Å². The molecule has 3 aromatic rings. The van der Waals surface area contributed by atoms with Gasteiger partial charge in [-0.05, 0) is 31.2 Å². The zero-order valence-electron chi connectivity index (χ0n) is 14.8. The second-order valence-corrected chi connectivity index (χ2v) is 6.09. The lowest BCUT2D eigenvalue weighted by molar-refractivity contribution is -0.135. The van der Waals surface area contributed by atoms with Gasteiger partial charge < -0.3 is 15.0 Å². The van der Waals surface area contributed by atoms with Crippen LogP contribution < -0.4 is 15.6 Å². The molecular weight excluding hydrogens is 346 g/mol. The number of hydrogen-bond donors (Lipinski definition) is 2. The van der Waals surface area contributed by atoms with Crippen LogP contribution in [0.4, 0.5) is 0 Å². The average molecular weight is 365 g/mol. The first-order valence-corrected chi connectivity index (χ1v) is 8.53. The van der Waals surface area contributed by atoms with E-state index in [1.54, 1.807) is 24.3 Å². The van der Waals surface area contributed by atoms with Crippen molar-refractivity contribution in [3.8, 4) is 5.75 Å². The molecule has 0 spiro atoms. The van der Waals surface area contributed by atoms with E-state index in [4.69, 9.17) is 4.74 Å². The summed E-state index contributed by atoms with van der Waals surface area (Å²) in [5.74, 6) is -0.495. The van der Waals surface area contributed by atoms with Gasteiger partial charge in [0.15, 0.2) is 0 Å². The van der Waals surface area contributed by atoms with Gasteiger partial charge in [-0.1, -0.05) is 29.8 Å². The third-order valence-corrected chi connectivity index (χ3v) is 3.94. The third-order valence-electron chi connectivity index (χ3n) is 3.94. The van der Waals surface area contributed by atoms with E-state index in [0.717, 1.165) is 5.56 Å². The van der Waals surface area contributed by atoms with Crippen molar-refractivity contribution < 1.29 is 14.3 Å². The predicted molar refractivity (Wildman–Crippen MR) is 101 cm³/mol. The molecule has 2 N–H and O–H groups in total. The van der Waals surface area contributed by atoms with Crippen molar-refractivity contribution in [3.63, 3.8) is 0 Å². The Labute approximate surface area is 155 Å². The van der Waals surface area contributed by atoms with Crippen molar-refractivity contribution in [2.45, 2.75) is 19.8 Å². The second kappa shape index (κ2) is 8.27. The SMILES string of the molecule is Cc1ccc(OC(=O)CNC(=O)CCc2nc3ccccc3[nH]c2=O)cc1. The van der Waals surface area contributed by atoms with Gasteiger partial charge in [0.2, 0.25) is 5.91 Å². The van der Waals surface area contributed by atoms with Crippen LogP contribution in [-0.4, -0.2) is 28.4 Å². The highest BCUT2D eigenvalue weighted by molar-refractivity contribution is 5.83. The van der Waals surface area contributed by atoms with E-state index in [1.165, 1.54) is 0 Å². The quantitative estimate of drug-likeness (QED) is 0.513. The number of aromatic nitrogens is 2. The maximum atomic E-state index is 12.0. The van der Waals surface area contributed by atoms with Crippen molar-refractivity contribution in [2.75, 3.05) is 6.54 Å². The van der Waals surface area contributed by atoms with Crippen LogP contribution in [0.15, 0.2) is 53.3 Å². The van der Waals surface area contributed by atoms with Gasteiger partial charge in [0.25, 0.3) is 5.56 Å². The van der Waals surface area contributed by atoms with E-state index >= 15 is 0 Å². The van der Waals surface area contributed by atoms with Crippen LogP contribution in [0.5, 0.6) is 5.75 Å². The van der Waals surface area contributed by atoms with Gasteiger partial charge in [-0.15, -0.1) is 0 Å². The summed E-state index contributed by atoms with van der Waals surface area (Å²) in [5.41, 5.74) is 2.33. The number of aromatic amines is 1. The molecule has 138 valence electrons. The lowest BCUT2D eigenvalue weighted by Crippen LogP contribution is -2.32. The summed E-state index contributed by atoms with van der Waals surface area (Å²) in [6.07, 6.45) is 0.227. The number of ether oxygens (including phenoxy) is 1. The van der Waals surface area contributed by atoms with Crippen LogP contribution in [0.3, 0.4) is 0 Å². The minimum atomic E-state index is -0.561. The third kappa shape index (κ3) is 5.01. The molecule has 0 bridgehead atoms. The smallest absolute Gasteiger partial charge is 0.330 e. The maximum Gasteiger partial charge on any atom is 0.330 e. The summed E-state index contributed by atoms with van der Waals surface area (Å²) in [6.45, 7) is 1.69. The summed E-state index contributed by atoms with van der Waals surface area (Å²) in [7, 11) is 0. The first-order valence-electron chi connectivity index (χ1n) is 8.53. The minimum absolute atomic E-state index is 0.0478. The van der Waals surface area contributed by atoms with Gasteiger partial charge in [0.1, 0.15) is 18.0 Å². The normalized spacial score (nSPS) is 10.6. The molecule has 0 saturated carbocycles. The number of aryl methyl sites for hydroxylation is 2. The molecule has 0 radical (unpaired) electrons. The Kier molecular flexibility index (Phi) is 5.61. The van der Waals surface area contributed by atoms with Crippen LogP contribution in [0.25, 0.3) is 11.0 Å². The Morgan fingerprint density at radius 3 is 2.63 bits per heavy atom.